The lowest BCUT2D eigenvalue weighted by Crippen LogP contribution is -2.26. The second-order valence-corrected chi connectivity index (χ2v) is 4.63. The normalized spacial score (nSPS) is 10.5. The third-order valence-electron chi connectivity index (χ3n) is 3.49. The number of nitrogens with zero attached hydrogens (tertiary/aromatic N) is 5. The molecule has 2 N–H and O–H groups in total. The topological polar surface area (TPSA) is 75.8 Å². The summed E-state index contributed by atoms with van der Waals surface area (Å²) in [4.78, 5) is 6.47. The fourth-order valence-electron chi connectivity index (χ4n) is 2.38. The molecule has 106 valence electrons. The van der Waals surface area contributed by atoms with E-state index in [0.717, 1.165) is 24.7 Å². The van der Waals surface area contributed by atoms with Gasteiger partial charge < -0.3 is 19.8 Å². The van der Waals surface area contributed by atoms with Crippen LogP contribution in [0.3, 0.4) is 0 Å². The summed E-state index contributed by atoms with van der Waals surface area (Å²) in [6.45, 7) is 6.38. The van der Waals surface area contributed by atoms with Crippen LogP contribution in [0.15, 0.2) is 18.5 Å². The van der Waals surface area contributed by atoms with E-state index in [-0.39, 0.29) is 0 Å². The van der Waals surface area contributed by atoms with E-state index >= 15 is 0 Å². The van der Waals surface area contributed by atoms with Crippen LogP contribution in [0.25, 0.3) is 0 Å². The predicted molar refractivity (Wildman–Crippen MR) is 79.4 cm³/mol. The molecule has 0 aromatic carbocycles. The number of nitriles is 1. The van der Waals surface area contributed by atoms with Crippen molar-refractivity contribution in [1.29, 1.82) is 5.26 Å². The van der Waals surface area contributed by atoms with E-state index in [1.807, 2.05) is 22.4 Å². The summed E-state index contributed by atoms with van der Waals surface area (Å²) in [5.74, 6) is 1.79. The number of imidazole rings is 1. The Morgan fingerprint density at radius 1 is 1.40 bits per heavy atom. The highest BCUT2D eigenvalue weighted by atomic mass is 15.3. The SMILES string of the molecule is CCN(CC)c1c(N)cc(C#N)n1Cc1nccn1C. The molecule has 0 aliphatic carbocycles. The van der Waals surface area contributed by atoms with Gasteiger partial charge in [0.05, 0.1) is 12.2 Å². The first-order valence-electron chi connectivity index (χ1n) is 6.72. The van der Waals surface area contributed by atoms with Gasteiger partial charge in [-0.2, -0.15) is 5.26 Å². The van der Waals surface area contributed by atoms with Crippen molar-refractivity contribution in [3.05, 3.63) is 30.0 Å². The van der Waals surface area contributed by atoms with Gasteiger partial charge in [0.1, 0.15) is 23.4 Å². The Kier molecular flexibility index (Phi) is 3.99. The van der Waals surface area contributed by atoms with Crippen molar-refractivity contribution in [1.82, 2.24) is 14.1 Å². The van der Waals surface area contributed by atoms with Gasteiger partial charge in [0.25, 0.3) is 0 Å². The quantitative estimate of drug-likeness (QED) is 0.896. The Morgan fingerprint density at radius 2 is 2.10 bits per heavy atom. The third-order valence-corrected chi connectivity index (χ3v) is 3.49. The molecular formula is C14H20N6. The van der Waals surface area contributed by atoms with Crippen molar-refractivity contribution in [3.63, 3.8) is 0 Å². The lowest BCUT2D eigenvalue weighted by atomic mass is 10.4. The maximum Gasteiger partial charge on any atom is 0.133 e. The molecule has 0 unspecified atom stereocenters. The summed E-state index contributed by atoms with van der Waals surface area (Å²) >= 11 is 0. The lowest BCUT2D eigenvalue weighted by molar-refractivity contribution is 0.679. The molecule has 0 aliphatic heterocycles. The highest BCUT2D eigenvalue weighted by molar-refractivity contribution is 5.68. The number of hydrogen-bond donors (Lipinski definition) is 1. The van der Waals surface area contributed by atoms with Crippen molar-refractivity contribution < 1.29 is 0 Å². The standard InChI is InChI=1S/C14H20N6/c1-4-19(5-2)14-12(16)8-11(9-15)20(14)10-13-17-6-7-18(13)3/h6-8H,4-5,10,16H2,1-3H3. The zero-order valence-corrected chi connectivity index (χ0v) is 12.2. The molecular weight excluding hydrogens is 252 g/mol. The molecule has 0 radical (unpaired) electrons. The molecule has 0 saturated carbocycles. The Balaban J connectivity index is 2.50. The van der Waals surface area contributed by atoms with E-state index in [1.165, 1.54) is 0 Å². The van der Waals surface area contributed by atoms with Gasteiger partial charge in [-0.1, -0.05) is 0 Å². The molecule has 0 amide bonds. The predicted octanol–water partition coefficient (Wildman–Crippen LogP) is 1.57. The summed E-state index contributed by atoms with van der Waals surface area (Å²) < 4.78 is 3.88. The monoisotopic (exact) mass is 272 g/mol. The van der Waals surface area contributed by atoms with Gasteiger partial charge in [0.2, 0.25) is 0 Å². The van der Waals surface area contributed by atoms with E-state index in [2.05, 4.69) is 29.8 Å². The Bertz CT molecular complexity index is 627. The summed E-state index contributed by atoms with van der Waals surface area (Å²) in [6, 6.07) is 3.94. The fraction of sp³-hybridized carbons (Fsp3) is 0.429. The fourth-order valence-corrected chi connectivity index (χ4v) is 2.38. The number of anilines is 2. The van der Waals surface area contributed by atoms with Gasteiger partial charge in [-0.05, 0) is 19.9 Å². The van der Waals surface area contributed by atoms with E-state index in [1.54, 1.807) is 12.3 Å². The average molecular weight is 272 g/mol. The molecule has 20 heavy (non-hydrogen) atoms. The molecule has 6 nitrogen and oxygen atoms in total. The van der Waals surface area contributed by atoms with Crippen molar-refractivity contribution in [2.75, 3.05) is 23.7 Å². The maximum atomic E-state index is 9.31. The minimum Gasteiger partial charge on any atom is -0.396 e. The van der Waals surface area contributed by atoms with Gasteiger partial charge in [0, 0.05) is 32.5 Å². The van der Waals surface area contributed by atoms with Crippen LogP contribution in [0.2, 0.25) is 0 Å². The zero-order chi connectivity index (χ0) is 14.7. The molecule has 0 atom stereocenters. The highest BCUT2D eigenvalue weighted by Crippen LogP contribution is 2.28. The van der Waals surface area contributed by atoms with Crippen LogP contribution in [-0.2, 0) is 13.6 Å². The number of aryl methyl sites for hydroxylation is 1. The number of aromatic nitrogens is 3. The van der Waals surface area contributed by atoms with Crippen molar-refractivity contribution in [2.45, 2.75) is 20.4 Å². The van der Waals surface area contributed by atoms with E-state index in [9.17, 15) is 5.26 Å². The van der Waals surface area contributed by atoms with Crippen LogP contribution in [0, 0.1) is 11.3 Å². The highest BCUT2D eigenvalue weighted by Gasteiger charge is 2.18. The minimum absolute atomic E-state index is 0.537. The van der Waals surface area contributed by atoms with Crippen molar-refractivity contribution >= 4 is 11.5 Å². The number of nitrogen functional groups attached to an aromatic ring is 1. The molecule has 0 saturated heterocycles. The minimum atomic E-state index is 0.537. The molecule has 0 spiro atoms. The van der Waals surface area contributed by atoms with Gasteiger partial charge in [-0.25, -0.2) is 4.98 Å². The maximum absolute atomic E-state index is 9.31. The van der Waals surface area contributed by atoms with Gasteiger partial charge in [-0.15, -0.1) is 0 Å². The van der Waals surface area contributed by atoms with Crippen LogP contribution < -0.4 is 10.6 Å². The van der Waals surface area contributed by atoms with Gasteiger partial charge in [0.15, 0.2) is 0 Å². The van der Waals surface area contributed by atoms with Crippen LogP contribution in [0.1, 0.15) is 25.4 Å². The van der Waals surface area contributed by atoms with E-state index in [0.29, 0.717) is 17.9 Å². The number of hydrogen-bond acceptors (Lipinski definition) is 4. The Labute approximate surface area is 119 Å². The van der Waals surface area contributed by atoms with Crippen molar-refractivity contribution in [3.8, 4) is 6.07 Å². The first-order chi connectivity index (χ1) is 9.62. The largest absolute Gasteiger partial charge is 0.396 e. The van der Waals surface area contributed by atoms with E-state index < -0.39 is 0 Å². The summed E-state index contributed by atoms with van der Waals surface area (Å²) in [5.41, 5.74) is 7.30. The molecule has 2 aromatic heterocycles. The molecule has 6 heteroatoms. The van der Waals surface area contributed by atoms with Crippen LogP contribution >= 0.6 is 0 Å². The third kappa shape index (κ3) is 2.35. The first kappa shape index (κ1) is 14.0. The molecule has 2 aromatic rings. The lowest BCUT2D eigenvalue weighted by Gasteiger charge is -2.24. The van der Waals surface area contributed by atoms with E-state index in [4.69, 9.17) is 5.73 Å². The molecule has 2 rings (SSSR count). The first-order valence-corrected chi connectivity index (χ1v) is 6.72. The number of nitrogens with two attached hydrogens (primary N) is 1. The molecule has 0 aliphatic rings. The Morgan fingerprint density at radius 3 is 2.60 bits per heavy atom. The van der Waals surface area contributed by atoms with Crippen LogP contribution in [0.4, 0.5) is 11.5 Å². The Hall–Kier alpha value is -2.42. The van der Waals surface area contributed by atoms with Crippen LogP contribution in [-0.4, -0.2) is 27.2 Å². The number of rotatable bonds is 5. The summed E-state index contributed by atoms with van der Waals surface area (Å²) in [7, 11) is 1.94. The zero-order valence-electron chi connectivity index (χ0n) is 12.2. The summed E-state index contributed by atoms with van der Waals surface area (Å²) in [6.07, 6.45) is 3.65. The molecule has 0 fully saturated rings. The van der Waals surface area contributed by atoms with Crippen molar-refractivity contribution in [2.24, 2.45) is 7.05 Å². The molecule has 0 bridgehead atoms. The van der Waals surface area contributed by atoms with Crippen LogP contribution in [0.5, 0.6) is 0 Å². The second-order valence-electron chi connectivity index (χ2n) is 4.63. The smallest absolute Gasteiger partial charge is 0.133 e. The summed E-state index contributed by atoms with van der Waals surface area (Å²) in [5, 5.41) is 9.31. The van der Waals surface area contributed by atoms with Gasteiger partial charge >= 0.3 is 0 Å². The second kappa shape index (κ2) is 5.70. The average Bonchev–Trinajstić information content (AvgIpc) is 2.98. The molecule has 2 heterocycles. The van der Waals surface area contributed by atoms with Gasteiger partial charge in [-0.3, -0.25) is 0 Å².